The molecule has 82 valence electrons. The molecule has 1 heterocycles. The molecule has 0 atom stereocenters. The van der Waals surface area contributed by atoms with Crippen molar-refractivity contribution < 1.29 is 8.78 Å². The molecule has 1 aromatic carbocycles. The zero-order chi connectivity index (χ0) is 11.4. The third kappa shape index (κ3) is 2.35. The molecular weight excluding hydrogens is 196 g/mol. The quantitative estimate of drug-likeness (QED) is 0.717. The van der Waals surface area contributed by atoms with Crippen LogP contribution in [0.25, 0.3) is 10.9 Å². The SMILES string of the molecule is CC.Cc1cc2c(C(F)F)cccc2[nH]1. The highest BCUT2D eigenvalue weighted by atomic mass is 19.3. The van der Waals surface area contributed by atoms with Gasteiger partial charge in [0.25, 0.3) is 6.43 Å². The molecule has 0 aliphatic rings. The van der Waals surface area contributed by atoms with Gasteiger partial charge in [-0.2, -0.15) is 0 Å². The van der Waals surface area contributed by atoms with Crippen molar-refractivity contribution in [3.05, 3.63) is 35.5 Å². The number of aromatic nitrogens is 1. The highest BCUT2D eigenvalue weighted by molar-refractivity contribution is 5.84. The lowest BCUT2D eigenvalue weighted by Gasteiger charge is -1.99. The van der Waals surface area contributed by atoms with Gasteiger partial charge in [0.15, 0.2) is 0 Å². The lowest BCUT2D eigenvalue weighted by atomic mass is 10.1. The van der Waals surface area contributed by atoms with Gasteiger partial charge in [-0.25, -0.2) is 8.78 Å². The molecule has 0 radical (unpaired) electrons. The van der Waals surface area contributed by atoms with Crippen molar-refractivity contribution in [2.75, 3.05) is 0 Å². The summed E-state index contributed by atoms with van der Waals surface area (Å²) in [6, 6.07) is 6.64. The lowest BCUT2D eigenvalue weighted by Crippen LogP contribution is -1.83. The summed E-state index contributed by atoms with van der Waals surface area (Å²) in [6.07, 6.45) is -2.40. The van der Waals surface area contributed by atoms with E-state index in [1.165, 1.54) is 6.07 Å². The van der Waals surface area contributed by atoms with Gasteiger partial charge >= 0.3 is 0 Å². The third-order valence-corrected chi connectivity index (χ3v) is 2.07. The first-order valence-corrected chi connectivity index (χ1v) is 5.05. The molecule has 0 fully saturated rings. The van der Waals surface area contributed by atoms with E-state index < -0.39 is 6.43 Å². The van der Waals surface area contributed by atoms with E-state index in [1.807, 2.05) is 20.8 Å². The van der Waals surface area contributed by atoms with Crippen molar-refractivity contribution in [2.45, 2.75) is 27.2 Å². The highest BCUT2D eigenvalue weighted by Gasteiger charge is 2.11. The number of hydrogen-bond acceptors (Lipinski definition) is 0. The molecule has 2 rings (SSSR count). The monoisotopic (exact) mass is 211 g/mol. The molecule has 0 spiro atoms. The van der Waals surface area contributed by atoms with Crippen LogP contribution in [0.15, 0.2) is 24.3 Å². The van der Waals surface area contributed by atoms with Crippen LogP contribution >= 0.6 is 0 Å². The fourth-order valence-corrected chi connectivity index (χ4v) is 1.51. The number of alkyl halides is 2. The molecule has 0 aliphatic carbocycles. The molecule has 0 unspecified atom stereocenters. The molecule has 2 aromatic rings. The Hall–Kier alpha value is -1.38. The van der Waals surface area contributed by atoms with E-state index in [1.54, 1.807) is 18.2 Å². The third-order valence-electron chi connectivity index (χ3n) is 2.07. The first kappa shape index (κ1) is 11.7. The van der Waals surface area contributed by atoms with Gasteiger partial charge in [-0.1, -0.05) is 26.0 Å². The van der Waals surface area contributed by atoms with Gasteiger partial charge in [0.05, 0.1) is 0 Å². The Morgan fingerprint density at radius 2 is 1.87 bits per heavy atom. The Balaban J connectivity index is 0.000000531. The predicted octanol–water partition coefficient (Wildman–Crippen LogP) is 4.44. The molecule has 1 nitrogen and oxygen atoms in total. The maximum absolute atomic E-state index is 12.5. The molecular formula is C12H15F2N. The van der Waals surface area contributed by atoms with Gasteiger partial charge in [-0.05, 0) is 19.1 Å². The van der Waals surface area contributed by atoms with Crippen molar-refractivity contribution in [3.63, 3.8) is 0 Å². The number of nitrogens with one attached hydrogen (secondary N) is 1. The zero-order valence-corrected chi connectivity index (χ0v) is 9.14. The Bertz CT molecular complexity index is 432. The van der Waals surface area contributed by atoms with E-state index in [0.29, 0.717) is 5.39 Å². The van der Waals surface area contributed by atoms with E-state index in [0.717, 1.165) is 11.2 Å². The number of fused-ring (bicyclic) bond motifs is 1. The van der Waals surface area contributed by atoms with Gasteiger partial charge < -0.3 is 4.98 Å². The van der Waals surface area contributed by atoms with E-state index in [9.17, 15) is 8.78 Å². The average molecular weight is 211 g/mol. The number of halogens is 2. The summed E-state index contributed by atoms with van der Waals surface area (Å²) in [5.74, 6) is 0. The van der Waals surface area contributed by atoms with E-state index in [2.05, 4.69) is 4.98 Å². The Labute approximate surface area is 88.1 Å². The normalized spacial score (nSPS) is 10.3. The minimum atomic E-state index is -2.40. The molecule has 3 heteroatoms. The number of benzene rings is 1. The predicted molar refractivity (Wildman–Crippen MR) is 59.3 cm³/mol. The van der Waals surface area contributed by atoms with Gasteiger partial charge in [0.2, 0.25) is 0 Å². The smallest absolute Gasteiger partial charge is 0.264 e. The first-order chi connectivity index (χ1) is 7.18. The summed E-state index contributed by atoms with van der Waals surface area (Å²) >= 11 is 0. The standard InChI is InChI=1S/C10H9F2N.C2H6/c1-6-5-8-7(10(11)12)3-2-4-9(8)13-6;1-2/h2-5,10,13H,1H3;1-2H3. The fraction of sp³-hybridized carbons (Fsp3) is 0.333. The van der Waals surface area contributed by atoms with E-state index >= 15 is 0 Å². The van der Waals surface area contributed by atoms with Crippen molar-refractivity contribution >= 4 is 10.9 Å². The second kappa shape index (κ2) is 4.91. The van der Waals surface area contributed by atoms with Crippen molar-refractivity contribution in [3.8, 4) is 0 Å². The Kier molecular flexibility index (Phi) is 3.83. The van der Waals surface area contributed by atoms with Crippen LogP contribution in [0, 0.1) is 6.92 Å². The summed E-state index contributed by atoms with van der Waals surface area (Å²) < 4.78 is 25.0. The van der Waals surface area contributed by atoms with Gasteiger partial charge in [0.1, 0.15) is 0 Å². The minimum Gasteiger partial charge on any atom is -0.359 e. The van der Waals surface area contributed by atoms with Crippen molar-refractivity contribution in [1.29, 1.82) is 0 Å². The van der Waals surface area contributed by atoms with Crippen LogP contribution in [0.5, 0.6) is 0 Å². The Morgan fingerprint density at radius 1 is 1.20 bits per heavy atom. The number of aryl methyl sites for hydroxylation is 1. The molecule has 0 saturated carbocycles. The van der Waals surface area contributed by atoms with Gasteiger partial charge in [0, 0.05) is 22.2 Å². The molecule has 0 aliphatic heterocycles. The van der Waals surface area contributed by atoms with Crippen molar-refractivity contribution in [2.24, 2.45) is 0 Å². The summed E-state index contributed by atoms with van der Waals surface area (Å²) in [6.45, 7) is 5.86. The second-order valence-corrected chi connectivity index (χ2v) is 3.06. The molecule has 15 heavy (non-hydrogen) atoms. The van der Waals surface area contributed by atoms with Crippen molar-refractivity contribution in [1.82, 2.24) is 4.98 Å². The summed E-state index contributed by atoms with van der Waals surface area (Å²) in [5.41, 5.74) is 1.78. The zero-order valence-electron chi connectivity index (χ0n) is 9.14. The van der Waals surface area contributed by atoms with Crippen LogP contribution in [-0.2, 0) is 0 Å². The van der Waals surface area contributed by atoms with Crippen LogP contribution in [-0.4, -0.2) is 4.98 Å². The maximum atomic E-state index is 12.5. The fourth-order valence-electron chi connectivity index (χ4n) is 1.51. The molecule has 1 aromatic heterocycles. The summed E-state index contributed by atoms with van der Waals surface area (Å²) in [4.78, 5) is 3.02. The maximum Gasteiger partial charge on any atom is 0.264 e. The largest absolute Gasteiger partial charge is 0.359 e. The van der Waals surface area contributed by atoms with E-state index in [-0.39, 0.29) is 5.56 Å². The van der Waals surface area contributed by atoms with Gasteiger partial charge in [-0.15, -0.1) is 0 Å². The molecule has 0 bridgehead atoms. The summed E-state index contributed by atoms with van der Waals surface area (Å²) in [5, 5.41) is 0.620. The highest BCUT2D eigenvalue weighted by Crippen LogP contribution is 2.27. The van der Waals surface area contributed by atoms with Gasteiger partial charge in [-0.3, -0.25) is 0 Å². The van der Waals surface area contributed by atoms with E-state index in [4.69, 9.17) is 0 Å². The summed E-state index contributed by atoms with van der Waals surface area (Å²) in [7, 11) is 0. The number of rotatable bonds is 1. The van der Waals surface area contributed by atoms with Crippen LogP contribution in [0.1, 0.15) is 31.5 Å². The number of H-pyrrole nitrogens is 1. The molecule has 0 saturated heterocycles. The first-order valence-electron chi connectivity index (χ1n) is 5.05. The minimum absolute atomic E-state index is 0.0989. The second-order valence-electron chi connectivity index (χ2n) is 3.06. The molecule has 1 N–H and O–H groups in total. The lowest BCUT2D eigenvalue weighted by molar-refractivity contribution is 0.153. The number of hydrogen-bond donors (Lipinski definition) is 1. The van der Waals surface area contributed by atoms with Crippen LogP contribution in [0.3, 0.4) is 0 Å². The number of aromatic amines is 1. The Morgan fingerprint density at radius 3 is 2.47 bits per heavy atom. The average Bonchev–Trinajstić information content (AvgIpc) is 2.60. The topological polar surface area (TPSA) is 15.8 Å². The van der Waals surface area contributed by atoms with Crippen LogP contribution < -0.4 is 0 Å². The van der Waals surface area contributed by atoms with Crippen LogP contribution in [0.2, 0.25) is 0 Å². The molecule has 0 amide bonds. The van der Waals surface area contributed by atoms with Crippen LogP contribution in [0.4, 0.5) is 8.78 Å².